The molecule has 0 saturated carbocycles. The largest absolute Gasteiger partial charge is 0.373 e. The zero-order valence-corrected chi connectivity index (χ0v) is 9.12. The molecular formula is C11H18FNO2. The Morgan fingerprint density at radius 1 is 1.60 bits per heavy atom. The van der Waals surface area contributed by atoms with E-state index in [-0.39, 0.29) is 18.4 Å². The van der Waals surface area contributed by atoms with Crippen LogP contribution in [0.3, 0.4) is 0 Å². The third kappa shape index (κ3) is 2.30. The van der Waals surface area contributed by atoms with Gasteiger partial charge in [-0.1, -0.05) is 0 Å². The van der Waals surface area contributed by atoms with E-state index in [4.69, 9.17) is 4.74 Å². The minimum atomic E-state index is -0.555. The van der Waals surface area contributed by atoms with Gasteiger partial charge in [-0.2, -0.15) is 0 Å². The first-order chi connectivity index (χ1) is 7.20. The van der Waals surface area contributed by atoms with Crippen LogP contribution in [0.25, 0.3) is 0 Å². The molecule has 2 rings (SSSR count). The number of rotatable bonds is 2. The SMILES string of the molecule is C[C@@H]1C[C@@H]2CCN(C(=O)CCF)C[C@H]2O1. The summed E-state index contributed by atoms with van der Waals surface area (Å²) in [6.07, 6.45) is 2.64. The Bertz CT molecular complexity index is 247. The van der Waals surface area contributed by atoms with Crippen LogP contribution in [0.15, 0.2) is 0 Å². The van der Waals surface area contributed by atoms with E-state index in [1.165, 1.54) is 0 Å². The van der Waals surface area contributed by atoms with Crippen molar-refractivity contribution >= 4 is 5.91 Å². The minimum absolute atomic E-state index is 0.0208. The van der Waals surface area contributed by atoms with Crippen LogP contribution in [-0.2, 0) is 9.53 Å². The van der Waals surface area contributed by atoms with Gasteiger partial charge in [-0.3, -0.25) is 9.18 Å². The van der Waals surface area contributed by atoms with Gasteiger partial charge in [-0.05, 0) is 25.7 Å². The summed E-state index contributed by atoms with van der Waals surface area (Å²) in [6.45, 7) is 2.96. The highest BCUT2D eigenvalue weighted by Gasteiger charge is 2.38. The van der Waals surface area contributed by atoms with Crippen molar-refractivity contribution in [2.24, 2.45) is 5.92 Å². The normalized spacial score (nSPS) is 35.3. The molecule has 86 valence electrons. The molecule has 2 fully saturated rings. The first kappa shape index (κ1) is 10.9. The fourth-order valence-electron chi connectivity index (χ4n) is 2.63. The molecule has 2 saturated heterocycles. The third-order valence-electron chi connectivity index (χ3n) is 3.40. The van der Waals surface area contributed by atoms with Crippen molar-refractivity contribution in [2.45, 2.75) is 38.4 Å². The van der Waals surface area contributed by atoms with E-state index in [9.17, 15) is 9.18 Å². The Labute approximate surface area is 89.6 Å². The lowest BCUT2D eigenvalue weighted by molar-refractivity contribution is -0.135. The van der Waals surface area contributed by atoms with Gasteiger partial charge in [0.1, 0.15) is 0 Å². The lowest BCUT2D eigenvalue weighted by atomic mass is 9.92. The van der Waals surface area contributed by atoms with Crippen molar-refractivity contribution in [3.05, 3.63) is 0 Å². The minimum Gasteiger partial charge on any atom is -0.373 e. The van der Waals surface area contributed by atoms with Crippen LogP contribution < -0.4 is 0 Å². The highest BCUT2D eigenvalue weighted by Crippen LogP contribution is 2.32. The Hall–Kier alpha value is -0.640. The average molecular weight is 215 g/mol. The molecule has 0 aromatic carbocycles. The monoisotopic (exact) mass is 215 g/mol. The van der Waals surface area contributed by atoms with Crippen molar-refractivity contribution in [1.29, 1.82) is 0 Å². The second-order valence-corrected chi connectivity index (χ2v) is 4.55. The van der Waals surface area contributed by atoms with Crippen LogP contribution in [0.2, 0.25) is 0 Å². The molecule has 0 aromatic heterocycles. The highest BCUT2D eigenvalue weighted by molar-refractivity contribution is 5.76. The van der Waals surface area contributed by atoms with E-state index in [0.717, 1.165) is 19.4 Å². The van der Waals surface area contributed by atoms with Crippen molar-refractivity contribution in [2.75, 3.05) is 19.8 Å². The number of halogens is 1. The van der Waals surface area contributed by atoms with Gasteiger partial charge in [0.2, 0.25) is 5.91 Å². The molecule has 2 heterocycles. The van der Waals surface area contributed by atoms with Gasteiger partial charge in [0.25, 0.3) is 0 Å². The Kier molecular flexibility index (Phi) is 3.24. The summed E-state index contributed by atoms with van der Waals surface area (Å²) in [7, 11) is 0. The van der Waals surface area contributed by atoms with Crippen molar-refractivity contribution in [3.63, 3.8) is 0 Å². The number of likely N-dealkylation sites (tertiary alicyclic amines) is 1. The maximum atomic E-state index is 12.0. The van der Waals surface area contributed by atoms with Crippen LogP contribution in [0.5, 0.6) is 0 Å². The zero-order chi connectivity index (χ0) is 10.8. The Morgan fingerprint density at radius 2 is 2.40 bits per heavy atom. The van der Waals surface area contributed by atoms with Crippen LogP contribution in [0.4, 0.5) is 4.39 Å². The van der Waals surface area contributed by atoms with Gasteiger partial charge in [0.15, 0.2) is 0 Å². The standard InChI is InChI=1S/C11H18FNO2/c1-8-6-9-3-5-13(7-10(9)15-8)11(14)2-4-12/h8-10H,2-7H2,1H3/t8-,9+,10-/m1/s1. The molecule has 15 heavy (non-hydrogen) atoms. The van der Waals surface area contributed by atoms with Crippen LogP contribution in [-0.4, -0.2) is 42.8 Å². The summed E-state index contributed by atoms with van der Waals surface area (Å²) in [6, 6.07) is 0. The molecule has 0 aliphatic carbocycles. The maximum absolute atomic E-state index is 12.0. The number of hydrogen-bond donors (Lipinski definition) is 0. The molecule has 3 atom stereocenters. The maximum Gasteiger partial charge on any atom is 0.225 e. The third-order valence-corrected chi connectivity index (χ3v) is 3.40. The lowest BCUT2D eigenvalue weighted by Crippen LogP contribution is -2.45. The number of piperidine rings is 1. The fraction of sp³-hybridized carbons (Fsp3) is 0.909. The van der Waals surface area contributed by atoms with Gasteiger partial charge in [0, 0.05) is 13.1 Å². The number of nitrogens with zero attached hydrogens (tertiary/aromatic N) is 1. The first-order valence-corrected chi connectivity index (χ1v) is 5.70. The van der Waals surface area contributed by atoms with Crippen LogP contribution in [0.1, 0.15) is 26.2 Å². The molecule has 0 bridgehead atoms. The average Bonchev–Trinajstić information content (AvgIpc) is 2.57. The second-order valence-electron chi connectivity index (χ2n) is 4.55. The predicted molar refractivity (Wildman–Crippen MR) is 54.2 cm³/mol. The van der Waals surface area contributed by atoms with Crippen LogP contribution >= 0.6 is 0 Å². The highest BCUT2D eigenvalue weighted by atomic mass is 19.1. The molecule has 3 nitrogen and oxygen atoms in total. The number of amides is 1. The summed E-state index contributed by atoms with van der Waals surface area (Å²) in [5.41, 5.74) is 0. The molecule has 4 heteroatoms. The molecule has 0 unspecified atom stereocenters. The van der Waals surface area contributed by atoms with Crippen LogP contribution in [0, 0.1) is 5.92 Å². The second kappa shape index (κ2) is 4.47. The Balaban J connectivity index is 1.89. The predicted octanol–water partition coefficient (Wildman–Crippen LogP) is 1.37. The summed E-state index contributed by atoms with van der Waals surface area (Å²) in [4.78, 5) is 13.2. The molecule has 1 amide bonds. The molecule has 2 aliphatic rings. The van der Waals surface area contributed by atoms with Gasteiger partial charge in [0.05, 0.1) is 25.3 Å². The van der Waals surface area contributed by atoms with E-state index in [2.05, 4.69) is 6.92 Å². The quantitative estimate of drug-likeness (QED) is 0.696. The van der Waals surface area contributed by atoms with Crippen molar-refractivity contribution < 1.29 is 13.9 Å². The van der Waals surface area contributed by atoms with E-state index >= 15 is 0 Å². The molecule has 2 aliphatic heterocycles. The molecule has 0 spiro atoms. The van der Waals surface area contributed by atoms with Gasteiger partial charge in [-0.15, -0.1) is 0 Å². The van der Waals surface area contributed by atoms with Gasteiger partial charge in [-0.25, -0.2) is 0 Å². The summed E-state index contributed by atoms with van der Waals surface area (Å²) in [5.74, 6) is 0.536. The summed E-state index contributed by atoms with van der Waals surface area (Å²) in [5, 5.41) is 0. The van der Waals surface area contributed by atoms with E-state index in [1.807, 2.05) is 0 Å². The smallest absolute Gasteiger partial charge is 0.225 e. The Morgan fingerprint density at radius 3 is 3.13 bits per heavy atom. The summed E-state index contributed by atoms with van der Waals surface area (Å²) >= 11 is 0. The zero-order valence-electron chi connectivity index (χ0n) is 9.12. The van der Waals surface area contributed by atoms with Crippen molar-refractivity contribution in [1.82, 2.24) is 4.90 Å². The van der Waals surface area contributed by atoms with Gasteiger partial charge < -0.3 is 9.64 Å². The number of hydrogen-bond acceptors (Lipinski definition) is 2. The summed E-state index contributed by atoms with van der Waals surface area (Å²) < 4.78 is 17.8. The number of fused-ring (bicyclic) bond motifs is 1. The molecular weight excluding hydrogens is 197 g/mol. The number of alkyl halides is 1. The van der Waals surface area contributed by atoms with E-state index < -0.39 is 6.67 Å². The molecule has 0 radical (unpaired) electrons. The number of carbonyl (C=O) groups is 1. The van der Waals surface area contributed by atoms with E-state index in [0.29, 0.717) is 18.6 Å². The first-order valence-electron chi connectivity index (χ1n) is 5.70. The topological polar surface area (TPSA) is 29.5 Å². The lowest BCUT2D eigenvalue weighted by Gasteiger charge is -2.34. The molecule has 0 N–H and O–H groups in total. The van der Waals surface area contributed by atoms with Crippen molar-refractivity contribution in [3.8, 4) is 0 Å². The van der Waals surface area contributed by atoms with Gasteiger partial charge >= 0.3 is 0 Å². The fourth-order valence-corrected chi connectivity index (χ4v) is 2.63. The number of ether oxygens (including phenoxy) is 1. The van der Waals surface area contributed by atoms with E-state index in [1.54, 1.807) is 4.90 Å². The molecule has 0 aromatic rings. The number of carbonyl (C=O) groups excluding carboxylic acids is 1.